The predicted octanol–water partition coefficient (Wildman–Crippen LogP) is 1.74. The van der Waals surface area contributed by atoms with Gasteiger partial charge in [-0.2, -0.15) is 4.31 Å². The quantitative estimate of drug-likeness (QED) is 0.776. The first-order valence-corrected chi connectivity index (χ1v) is 10.3. The van der Waals surface area contributed by atoms with Crippen molar-refractivity contribution in [1.82, 2.24) is 9.21 Å². The molecule has 1 saturated heterocycles. The molecule has 0 saturated carbocycles. The minimum Gasteiger partial charge on any atom is -0.486 e. The number of hydrogen-bond acceptors (Lipinski definition) is 5. The Hall–Kier alpha value is -2.65. The lowest BCUT2D eigenvalue weighted by molar-refractivity contribution is 0.0697. The summed E-state index contributed by atoms with van der Waals surface area (Å²) in [6.07, 6.45) is 0. The molecule has 0 atom stereocenters. The van der Waals surface area contributed by atoms with Crippen molar-refractivity contribution < 1.29 is 27.1 Å². The van der Waals surface area contributed by atoms with Gasteiger partial charge < -0.3 is 14.4 Å². The lowest BCUT2D eigenvalue weighted by atomic mass is 10.1. The van der Waals surface area contributed by atoms with Gasteiger partial charge in [-0.1, -0.05) is 0 Å². The molecule has 4 rings (SSSR count). The number of rotatable bonds is 3. The van der Waals surface area contributed by atoms with E-state index >= 15 is 0 Å². The Labute approximate surface area is 162 Å². The van der Waals surface area contributed by atoms with Gasteiger partial charge in [-0.05, 0) is 42.5 Å². The second kappa shape index (κ2) is 7.40. The Kier molecular flexibility index (Phi) is 4.94. The SMILES string of the molecule is O=C(c1ccc2c(c1)OCCO2)N1CCN(S(=O)(=O)c2ccc(F)cc2)CC1. The number of hydrogen-bond donors (Lipinski definition) is 0. The van der Waals surface area contributed by atoms with E-state index in [1.165, 1.54) is 16.4 Å². The molecule has 2 aliphatic rings. The van der Waals surface area contributed by atoms with E-state index in [1.807, 2.05) is 0 Å². The monoisotopic (exact) mass is 406 g/mol. The van der Waals surface area contributed by atoms with Gasteiger partial charge in [0.15, 0.2) is 11.5 Å². The lowest BCUT2D eigenvalue weighted by Crippen LogP contribution is -2.50. The van der Waals surface area contributed by atoms with Crippen LogP contribution in [-0.2, 0) is 10.0 Å². The maximum absolute atomic E-state index is 13.1. The summed E-state index contributed by atoms with van der Waals surface area (Å²) in [7, 11) is -3.71. The fraction of sp³-hybridized carbons (Fsp3) is 0.316. The summed E-state index contributed by atoms with van der Waals surface area (Å²) in [5, 5.41) is 0. The van der Waals surface area contributed by atoms with Gasteiger partial charge in [-0.15, -0.1) is 0 Å². The Morgan fingerprint density at radius 2 is 1.54 bits per heavy atom. The maximum atomic E-state index is 13.1. The molecule has 1 amide bonds. The van der Waals surface area contributed by atoms with E-state index in [2.05, 4.69) is 0 Å². The number of halogens is 1. The molecule has 2 aromatic carbocycles. The van der Waals surface area contributed by atoms with E-state index in [-0.39, 0.29) is 37.0 Å². The van der Waals surface area contributed by atoms with E-state index in [0.717, 1.165) is 12.1 Å². The average Bonchev–Trinajstić information content (AvgIpc) is 2.73. The van der Waals surface area contributed by atoms with Crippen molar-refractivity contribution in [3.05, 3.63) is 53.8 Å². The van der Waals surface area contributed by atoms with Gasteiger partial charge in [0.1, 0.15) is 19.0 Å². The molecular formula is C19H19FN2O5S. The molecular weight excluding hydrogens is 387 g/mol. The van der Waals surface area contributed by atoms with E-state index in [1.54, 1.807) is 23.1 Å². The van der Waals surface area contributed by atoms with Crippen LogP contribution in [0.3, 0.4) is 0 Å². The van der Waals surface area contributed by atoms with Crippen LogP contribution in [0.1, 0.15) is 10.4 Å². The van der Waals surface area contributed by atoms with Crippen LogP contribution in [0.2, 0.25) is 0 Å². The largest absolute Gasteiger partial charge is 0.486 e. The summed E-state index contributed by atoms with van der Waals surface area (Å²) >= 11 is 0. The first-order valence-electron chi connectivity index (χ1n) is 8.90. The van der Waals surface area contributed by atoms with Crippen LogP contribution < -0.4 is 9.47 Å². The molecule has 148 valence electrons. The summed E-state index contributed by atoms with van der Waals surface area (Å²) in [6.45, 7) is 1.81. The summed E-state index contributed by atoms with van der Waals surface area (Å²) < 4.78 is 50.7. The van der Waals surface area contributed by atoms with E-state index in [9.17, 15) is 17.6 Å². The molecule has 2 heterocycles. The fourth-order valence-corrected chi connectivity index (χ4v) is 4.67. The van der Waals surface area contributed by atoms with Crippen LogP contribution in [0.5, 0.6) is 11.5 Å². The zero-order valence-corrected chi connectivity index (χ0v) is 15.8. The van der Waals surface area contributed by atoms with Gasteiger partial charge in [0.25, 0.3) is 5.91 Å². The van der Waals surface area contributed by atoms with Crippen molar-refractivity contribution >= 4 is 15.9 Å². The molecule has 0 aromatic heterocycles. The number of piperazine rings is 1. The molecule has 2 aromatic rings. The summed E-state index contributed by atoms with van der Waals surface area (Å²) in [6, 6.07) is 9.77. The molecule has 7 nitrogen and oxygen atoms in total. The topological polar surface area (TPSA) is 76.2 Å². The van der Waals surface area contributed by atoms with Crippen LogP contribution in [-0.4, -0.2) is 62.9 Å². The normalized spacial score (nSPS) is 17.4. The van der Waals surface area contributed by atoms with Crippen LogP contribution >= 0.6 is 0 Å². The molecule has 0 radical (unpaired) electrons. The number of fused-ring (bicyclic) bond motifs is 1. The average molecular weight is 406 g/mol. The zero-order valence-electron chi connectivity index (χ0n) is 15.0. The molecule has 0 aliphatic carbocycles. The van der Waals surface area contributed by atoms with Gasteiger partial charge in [-0.25, -0.2) is 12.8 Å². The van der Waals surface area contributed by atoms with Crippen molar-refractivity contribution in [3.63, 3.8) is 0 Å². The third-order valence-electron chi connectivity index (χ3n) is 4.77. The molecule has 9 heteroatoms. The predicted molar refractivity (Wildman–Crippen MR) is 98.5 cm³/mol. The summed E-state index contributed by atoms with van der Waals surface area (Å²) in [5.74, 6) is 0.470. The highest BCUT2D eigenvalue weighted by atomic mass is 32.2. The standard InChI is InChI=1S/C19H19FN2O5S/c20-15-2-4-16(5-3-15)28(24,25)22-9-7-21(8-10-22)19(23)14-1-6-17-18(13-14)27-12-11-26-17/h1-6,13H,7-12H2. The van der Waals surface area contributed by atoms with Crippen molar-refractivity contribution in [2.75, 3.05) is 39.4 Å². The first kappa shape index (κ1) is 18.7. The number of amides is 1. The van der Waals surface area contributed by atoms with Crippen molar-refractivity contribution in [1.29, 1.82) is 0 Å². The van der Waals surface area contributed by atoms with Gasteiger partial charge >= 0.3 is 0 Å². The second-order valence-corrected chi connectivity index (χ2v) is 8.45. The summed E-state index contributed by atoms with van der Waals surface area (Å²) in [5.41, 5.74) is 0.471. The van der Waals surface area contributed by atoms with Crippen molar-refractivity contribution in [2.45, 2.75) is 4.90 Å². The Morgan fingerprint density at radius 1 is 0.893 bits per heavy atom. The molecule has 0 unspecified atom stereocenters. The molecule has 0 spiro atoms. The lowest BCUT2D eigenvalue weighted by Gasteiger charge is -2.34. The minimum absolute atomic E-state index is 0.0421. The van der Waals surface area contributed by atoms with Crippen molar-refractivity contribution in [2.24, 2.45) is 0 Å². The van der Waals surface area contributed by atoms with Gasteiger partial charge in [0, 0.05) is 31.7 Å². The Morgan fingerprint density at radius 3 is 2.21 bits per heavy atom. The Bertz CT molecular complexity index is 986. The Balaban J connectivity index is 1.44. The minimum atomic E-state index is -3.71. The molecule has 0 N–H and O–H groups in total. The fourth-order valence-electron chi connectivity index (χ4n) is 3.25. The highest BCUT2D eigenvalue weighted by molar-refractivity contribution is 7.89. The smallest absolute Gasteiger partial charge is 0.254 e. The zero-order chi connectivity index (χ0) is 19.7. The molecule has 0 bridgehead atoms. The highest BCUT2D eigenvalue weighted by Crippen LogP contribution is 2.31. The van der Waals surface area contributed by atoms with Gasteiger partial charge in [0.2, 0.25) is 10.0 Å². The number of sulfonamides is 1. The third kappa shape index (κ3) is 3.55. The van der Waals surface area contributed by atoms with Crippen LogP contribution in [0.25, 0.3) is 0 Å². The molecule has 28 heavy (non-hydrogen) atoms. The van der Waals surface area contributed by atoms with Gasteiger partial charge in [-0.3, -0.25) is 4.79 Å². The number of ether oxygens (including phenoxy) is 2. The third-order valence-corrected chi connectivity index (χ3v) is 6.68. The van der Waals surface area contributed by atoms with E-state index < -0.39 is 15.8 Å². The van der Waals surface area contributed by atoms with Crippen LogP contribution in [0, 0.1) is 5.82 Å². The number of nitrogens with zero attached hydrogens (tertiary/aromatic N) is 2. The summed E-state index contributed by atoms with van der Waals surface area (Å²) in [4.78, 5) is 14.4. The first-order chi connectivity index (χ1) is 13.4. The van der Waals surface area contributed by atoms with E-state index in [0.29, 0.717) is 30.3 Å². The maximum Gasteiger partial charge on any atom is 0.254 e. The number of carbonyl (C=O) groups excluding carboxylic acids is 1. The highest BCUT2D eigenvalue weighted by Gasteiger charge is 2.30. The number of carbonyl (C=O) groups is 1. The second-order valence-electron chi connectivity index (χ2n) is 6.51. The molecule has 1 fully saturated rings. The number of benzene rings is 2. The molecule has 2 aliphatic heterocycles. The van der Waals surface area contributed by atoms with Crippen LogP contribution in [0.15, 0.2) is 47.4 Å². The van der Waals surface area contributed by atoms with Crippen LogP contribution in [0.4, 0.5) is 4.39 Å². The van der Waals surface area contributed by atoms with E-state index in [4.69, 9.17) is 9.47 Å². The van der Waals surface area contributed by atoms with Gasteiger partial charge in [0.05, 0.1) is 4.90 Å². The van der Waals surface area contributed by atoms with Crippen molar-refractivity contribution in [3.8, 4) is 11.5 Å².